The van der Waals surface area contributed by atoms with E-state index in [9.17, 15) is 0 Å². The Labute approximate surface area is 75.2 Å². The van der Waals surface area contributed by atoms with Crippen LogP contribution in [-0.4, -0.2) is 0 Å². The van der Waals surface area contributed by atoms with E-state index >= 15 is 0 Å². The summed E-state index contributed by atoms with van der Waals surface area (Å²) in [5.41, 5.74) is 1.21. The van der Waals surface area contributed by atoms with E-state index in [-0.39, 0.29) is 0 Å². The van der Waals surface area contributed by atoms with Crippen molar-refractivity contribution in [2.75, 3.05) is 0 Å². The quantitative estimate of drug-likeness (QED) is 0.575. The van der Waals surface area contributed by atoms with Gasteiger partial charge in [0.1, 0.15) is 0 Å². The second kappa shape index (κ2) is 7.80. The summed E-state index contributed by atoms with van der Waals surface area (Å²) in [7, 11) is 0. The van der Waals surface area contributed by atoms with E-state index in [1.807, 2.05) is 44.2 Å². The SMILES string of the molecule is C=CC=Cc1ccccc1.CC. The average molecular weight is 160 g/mol. The minimum absolute atomic E-state index is 1.21. The van der Waals surface area contributed by atoms with E-state index < -0.39 is 0 Å². The Hall–Kier alpha value is -1.30. The Bertz CT molecular complexity index is 219. The largest absolute Gasteiger partial charge is 0.0991 e. The fourth-order valence-electron chi connectivity index (χ4n) is 0.743. The summed E-state index contributed by atoms with van der Waals surface area (Å²) in [6.45, 7) is 7.59. The normalized spacial score (nSPS) is 8.83. The van der Waals surface area contributed by atoms with E-state index in [4.69, 9.17) is 0 Å². The highest BCUT2D eigenvalue weighted by molar-refractivity contribution is 5.50. The Morgan fingerprint density at radius 1 is 1.08 bits per heavy atom. The number of rotatable bonds is 2. The molecule has 1 aromatic rings. The molecule has 64 valence electrons. The lowest BCUT2D eigenvalue weighted by atomic mass is 10.2. The van der Waals surface area contributed by atoms with Gasteiger partial charge in [0.15, 0.2) is 0 Å². The Kier molecular flexibility index (Phi) is 6.96. The smallest absolute Gasteiger partial charge is 0.0257 e. The molecule has 0 spiro atoms. The van der Waals surface area contributed by atoms with Crippen LogP contribution in [0.2, 0.25) is 0 Å². The van der Waals surface area contributed by atoms with Gasteiger partial charge in [-0.05, 0) is 5.56 Å². The predicted octanol–water partition coefficient (Wildman–Crippen LogP) is 3.91. The maximum atomic E-state index is 3.59. The van der Waals surface area contributed by atoms with Crippen molar-refractivity contribution in [3.8, 4) is 0 Å². The van der Waals surface area contributed by atoms with Gasteiger partial charge in [0.05, 0.1) is 0 Å². The van der Waals surface area contributed by atoms with Crippen molar-refractivity contribution in [3.05, 3.63) is 54.6 Å². The number of allylic oxidation sites excluding steroid dienone is 2. The molecule has 0 aliphatic rings. The Morgan fingerprint density at radius 2 is 1.67 bits per heavy atom. The molecular weight excluding hydrogens is 144 g/mol. The van der Waals surface area contributed by atoms with Crippen molar-refractivity contribution in [2.24, 2.45) is 0 Å². The van der Waals surface area contributed by atoms with Gasteiger partial charge in [0.25, 0.3) is 0 Å². The van der Waals surface area contributed by atoms with Crippen LogP contribution in [0.25, 0.3) is 6.08 Å². The van der Waals surface area contributed by atoms with Gasteiger partial charge in [-0.2, -0.15) is 0 Å². The van der Waals surface area contributed by atoms with Gasteiger partial charge in [0.2, 0.25) is 0 Å². The molecule has 0 fully saturated rings. The number of hydrogen-bond acceptors (Lipinski definition) is 0. The molecule has 0 saturated carbocycles. The molecule has 0 saturated heterocycles. The molecule has 0 heteroatoms. The molecule has 0 bridgehead atoms. The average Bonchev–Trinajstić information content (AvgIpc) is 2.19. The summed E-state index contributed by atoms with van der Waals surface area (Å²) < 4.78 is 0. The summed E-state index contributed by atoms with van der Waals surface area (Å²) in [4.78, 5) is 0. The molecule has 0 aliphatic heterocycles. The van der Waals surface area contributed by atoms with E-state index in [1.54, 1.807) is 6.08 Å². The van der Waals surface area contributed by atoms with Gasteiger partial charge in [-0.1, -0.05) is 69.0 Å². The second-order valence-corrected chi connectivity index (χ2v) is 2.01. The van der Waals surface area contributed by atoms with Crippen molar-refractivity contribution >= 4 is 6.08 Å². The molecule has 0 atom stereocenters. The molecular formula is C12H16. The predicted molar refractivity (Wildman–Crippen MR) is 57.0 cm³/mol. The molecule has 0 unspecified atom stereocenters. The summed E-state index contributed by atoms with van der Waals surface area (Å²) >= 11 is 0. The first-order valence-corrected chi connectivity index (χ1v) is 4.27. The summed E-state index contributed by atoms with van der Waals surface area (Å²) in [5.74, 6) is 0. The topological polar surface area (TPSA) is 0 Å². The molecule has 0 N–H and O–H groups in total. The van der Waals surface area contributed by atoms with Gasteiger partial charge < -0.3 is 0 Å². The maximum Gasteiger partial charge on any atom is -0.0257 e. The highest BCUT2D eigenvalue weighted by Crippen LogP contribution is 1.99. The highest BCUT2D eigenvalue weighted by Gasteiger charge is 1.78. The van der Waals surface area contributed by atoms with Crippen molar-refractivity contribution in [2.45, 2.75) is 13.8 Å². The molecule has 0 radical (unpaired) electrons. The maximum absolute atomic E-state index is 3.59. The molecule has 0 nitrogen and oxygen atoms in total. The van der Waals surface area contributed by atoms with Crippen LogP contribution in [0.15, 0.2) is 49.1 Å². The van der Waals surface area contributed by atoms with Crippen LogP contribution in [0.3, 0.4) is 0 Å². The third kappa shape index (κ3) is 4.51. The summed E-state index contributed by atoms with van der Waals surface area (Å²) in [6, 6.07) is 10.1. The first-order valence-electron chi connectivity index (χ1n) is 4.27. The minimum atomic E-state index is 1.21. The fraction of sp³-hybridized carbons (Fsp3) is 0.167. The molecule has 12 heavy (non-hydrogen) atoms. The molecule has 1 aromatic carbocycles. The first kappa shape index (κ1) is 10.7. The highest BCUT2D eigenvalue weighted by atomic mass is 13.8. The van der Waals surface area contributed by atoms with Crippen LogP contribution in [-0.2, 0) is 0 Å². The Morgan fingerprint density at radius 3 is 2.17 bits per heavy atom. The first-order chi connectivity index (χ1) is 5.93. The van der Waals surface area contributed by atoms with Crippen LogP contribution in [0.4, 0.5) is 0 Å². The van der Waals surface area contributed by atoms with Crippen LogP contribution in [0.1, 0.15) is 19.4 Å². The lowest BCUT2D eigenvalue weighted by molar-refractivity contribution is 1.50. The van der Waals surface area contributed by atoms with Crippen molar-refractivity contribution in [1.82, 2.24) is 0 Å². The van der Waals surface area contributed by atoms with Crippen LogP contribution in [0.5, 0.6) is 0 Å². The van der Waals surface area contributed by atoms with Gasteiger partial charge in [-0.15, -0.1) is 0 Å². The zero-order chi connectivity index (χ0) is 9.23. The third-order valence-electron chi connectivity index (χ3n) is 1.22. The van der Waals surface area contributed by atoms with E-state index in [2.05, 4.69) is 18.7 Å². The van der Waals surface area contributed by atoms with E-state index in [0.29, 0.717) is 0 Å². The number of benzene rings is 1. The molecule has 0 heterocycles. The monoisotopic (exact) mass is 160 g/mol. The zero-order valence-electron chi connectivity index (χ0n) is 7.83. The molecule has 0 amide bonds. The van der Waals surface area contributed by atoms with Crippen molar-refractivity contribution in [1.29, 1.82) is 0 Å². The van der Waals surface area contributed by atoms with Gasteiger partial charge in [0, 0.05) is 0 Å². The second-order valence-electron chi connectivity index (χ2n) is 2.01. The van der Waals surface area contributed by atoms with Gasteiger partial charge in [-0.3, -0.25) is 0 Å². The summed E-state index contributed by atoms with van der Waals surface area (Å²) in [6.07, 6.45) is 5.72. The van der Waals surface area contributed by atoms with Gasteiger partial charge >= 0.3 is 0 Å². The molecule has 1 rings (SSSR count). The lowest BCUT2D eigenvalue weighted by Gasteiger charge is -1.87. The third-order valence-corrected chi connectivity index (χ3v) is 1.22. The fourth-order valence-corrected chi connectivity index (χ4v) is 0.743. The van der Waals surface area contributed by atoms with Crippen LogP contribution >= 0.6 is 0 Å². The number of hydrogen-bond donors (Lipinski definition) is 0. The standard InChI is InChI=1S/C10H10.C2H6/c1-2-3-7-10-8-5-4-6-9-10;1-2/h2-9H,1H2;1-2H3. The molecule has 0 aliphatic carbocycles. The van der Waals surface area contributed by atoms with E-state index in [0.717, 1.165) is 0 Å². The lowest BCUT2D eigenvalue weighted by Crippen LogP contribution is -1.65. The van der Waals surface area contributed by atoms with Gasteiger partial charge in [-0.25, -0.2) is 0 Å². The molecule has 0 aromatic heterocycles. The van der Waals surface area contributed by atoms with Crippen LogP contribution < -0.4 is 0 Å². The Balaban J connectivity index is 0.000000561. The van der Waals surface area contributed by atoms with Crippen LogP contribution in [0, 0.1) is 0 Å². The van der Waals surface area contributed by atoms with Crippen molar-refractivity contribution in [3.63, 3.8) is 0 Å². The minimum Gasteiger partial charge on any atom is -0.0991 e. The zero-order valence-corrected chi connectivity index (χ0v) is 7.83. The summed E-state index contributed by atoms with van der Waals surface area (Å²) in [5, 5.41) is 0. The van der Waals surface area contributed by atoms with Crippen molar-refractivity contribution < 1.29 is 0 Å². The van der Waals surface area contributed by atoms with E-state index in [1.165, 1.54) is 5.56 Å².